The Morgan fingerprint density at radius 3 is 2.18 bits per heavy atom. The van der Waals surface area contributed by atoms with E-state index in [4.69, 9.17) is 9.29 Å². The molecule has 0 radical (unpaired) electrons. The predicted octanol–water partition coefficient (Wildman–Crippen LogP) is 1.65. The van der Waals surface area contributed by atoms with E-state index in [1.165, 1.54) is 0 Å². The molecule has 5 nitrogen and oxygen atoms in total. The highest BCUT2D eigenvalue weighted by Gasteiger charge is 2.09. The van der Waals surface area contributed by atoms with Crippen molar-refractivity contribution in [2.24, 2.45) is 0 Å². The van der Waals surface area contributed by atoms with Gasteiger partial charge in [0.1, 0.15) is 0 Å². The van der Waals surface area contributed by atoms with Crippen LogP contribution < -0.4 is 0 Å². The van der Waals surface area contributed by atoms with Crippen molar-refractivity contribution in [3.63, 3.8) is 0 Å². The second-order valence-electron chi connectivity index (χ2n) is 3.47. The van der Waals surface area contributed by atoms with Crippen molar-refractivity contribution in [3.8, 4) is 0 Å². The summed E-state index contributed by atoms with van der Waals surface area (Å²) in [5.74, 6) is -0.208. The SMILES string of the molecule is CC.CCCCN(CCOC)CCS(=O)(=O)O. The van der Waals surface area contributed by atoms with E-state index >= 15 is 0 Å². The molecule has 0 bridgehead atoms. The zero-order valence-corrected chi connectivity index (χ0v) is 12.3. The standard InChI is InChI=1S/C9H21NO4S.C2H6/c1-3-4-5-10(6-8-14-2)7-9-15(11,12)13;1-2/h3-9H2,1-2H3,(H,11,12,13);1-2H3. The predicted molar refractivity (Wildman–Crippen MR) is 71.0 cm³/mol. The Balaban J connectivity index is 0. The Morgan fingerprint density at radius 1 is 1.18 bits per heavy atom. The van der Waals surface area contributed by atoms with E-state index in [0.717, 1.165) is 19.4 Å². The summed E-state index contributed by atoms with van der Waals surface area (Å²) in [4.78, 5) is 1.99. The Morgan fingerprint density at radius 2 is 1.76 bits per heavy atom. The minimum Gasteiger partial charge on any atom is -0.383 e. The Hall–Kier alpha value is -0.170. The largest absolute Gasteiger partial charge is 0.383 e. The van der Waals surface area contributed by atoms with Crippen LogP contribution in [0.15, 0.2) is 0 Å². The minimum atomic E-state index is -3.85. The van der Waals surface area contributed by atoms with Gasteiger partial charge >= 0.3 is 0 Å². The van der Waals surface area contributed by atoms with Crippen molar-refractivity contribution in [2.75, 3.05) is 39.1 Å². The fraction of sp³-hybridized carbons (Fsp3) is 1.00. The highest BCUT2D eigenvalue weighted by molar-refractivity contribution is 7.85. The van der Waals surface area contributed by atoms with Crippen LogP contribution in [0.5, 0.6) is 0 Å². The van der Waals surface area contributed by atoms with Gasteiger partial charge in [0.25, 0.3) is 10.1 Å². The van der Waals surface area contributed by atoms with Gasteiger partial charge in [-0.25, -0.2) is 0 Å². The summed E-state index contributed by atoms with van der Waals surface area (Å²) in [7, 11) is -2.24. The molecule has 0 aliphatic carbocycles. The summed E-state index contributed by atoms with van der Waals surface area (Å²) < 4.78 is 34.7. The molecule has 0 heterocycles. The summed E-state index contributed by atoms with van der Waals surface area (Å²) >= 11 is 0. The van der Waals surface area contributed by atoms with Crippen molar-refractivity contribution >= 4 is 10.1 Å². The third kappa shape index (κ3) is 15.8. The molecule has 6 heteroatoms. The third-order valence-electron chi connectivity index (χ3n) is 2.11. The molecule has 0 unspecified atom stereocenters. The average molecular weight is 269 g/mol. The number of rotatable bonds is 9. The third-order valence-corrected chi connectivity index (χ3v) is 2.80. The molecule has 0 saturated carbocycles. The fourth-order valence-electron chi connectivity index (χ4n) is 1.18. The maximum Gasteiger partial charge on any atom is 0.266 e. The van der Waals surface area contributed by atoms with Crippen LogP contribution in [-0.2, 0) is 14.9 Å². The van der Waals surface area contributed by atoms with Crippen LogP contribution in [0.25, 0.3) is 0 Å². The van der Waals surface area contributed by atoms with Gasteiger partial charge in [-0.2, -0.15) is 8.42 Å². The molecule has 0 amide bonds. The van der Waals surface area contributed by atoms with Crippen molar-refractivity contribution in [1.82, 2.24) is 4.90 Å². The Kier molecular flexibility index (Phi) is 13.9. The van der Waals surface area contributed by atoms with Gasteiger partial charge < -0.3 is 4.74 Å². The van der Waals surface area contributed by atoms with Gasteiger partial charge in [-0.3, -0.25) is 9.45 Å². The van der Waals surface area contributed by atoms with Crippen LogP contribution in [0.2, 0.25) is 0 Å². The van der Waals surface area contributed by atoms with Gasteiger partial charge in [0.15, 0.2) is 0 Å². The summed E-state index contributed by atoms with van der Waals surface area (Å²) in [6.07, 6.45) is 2.09. The van der Waals surface area contributed by atoms with Gasteiger partial charge in [-0.05, 0) is 13.0 Å². The van der Waals surface area contributed by atoms with Crippen LogP contribution in [0.1, 0.15) is 33.6 Å². The first kappa shape index (κ1) is 19.2. The number of unbranched alkanes of at least 4 members (excludes halogenated alkanes) is 1. The zero-order chi connectivity index (χ0) is 13.7. The van der Waals surface area contributed by atoms with E-state index in [0.29, 0.717) is 19.7 Å². The van der Waals surface area contributed by atoms with E-state index in [2.05, 4.69) is 6.92 Å². The molecule has 0 aromatic heterocycles. The molecule has 1 N–H and O–H groups in total. The molecule has 0 aliphatic heterocycles. The lowest BCUT2D eigenvalue weighted by molar-refractivity contribution is 0.150. The summed E-state index contributed by atoms with van der Waals surface area (Å²) in [5.41, 5.74) is 0. The number of nitrogens with zero attached hydrogens (tertiary/aromatic N) is 1. The van der Waals surface area contributed by atoms with Crippen molar-refractivity contribution in [3.05, 3.63) is 0 Å². The van der Waals surface area contributed by atoms with Gasteiger partial charge in [-0.15, -0.1) is 0 Å². The Bertz CT molecular complexity index is 234. The normalized spacial score (nSPS) is 11.2. The van der Waals surface area contributed by atoms with Crippen molar-refractivity contribution in [2.45, 2.75) is 33.6 Å². The van der Waals surface area contributed by atoms with Crippen LogP contribution in [0, 0.1) is 0 Å². The maximum atomic E-state index is 10.6. The average Bonchev–Trinajstić information content (AvgIpc) is 2.29. The number of hydrogen-bond donors (Lipinski definition) is 1. The quantitative estimate of drug-likeness (QED) is 0.645. The molecule has 0 aliphatic rings. The lowest BCUT2D eigenvalue weighted by Crippen LogP contribution is -2.33. The second kappa shape index (κ2) is 12.3. The zero-order valence-electron chi connectivity index (χ0n) is 11.5. The number of hydrogen-bond acceptors (Lipinski definition) is 4. The highest BCUT2D eigenvalue weighted by Crippen LogP contribution is 1.96. The molecule has 17 heavy (non-hydrogen) atoms. The molecule has 0 aromatic rings. The van der Waals surface area contributed by atoms with Crippen molar-refractivity contribution in [1.29, 1.82) is 0 Å². The number of ether oxygens (including phenoxy) is 1. The van der Waals surface area contributed by atoms with E-state index in [-0.39, 0.29) is 5.75 Å². The topological polar surface area (TPSA) is 66.8 Å². The second-order valence-corrected chi connectivity index (χ2v) is 5.05. The highest BCUT2D eigenvalue weighted by atomic mass is 32.2. The molecule has 106 valence electrons. The fourth-order valence-corrected chi connectivity index (χ4v) is 1.67. The summed E-state index contributed by atoms with van der Waals surface area (Å²) in [6, 6.07) is 0. The van der Waals surface area contributed by atoms with Crippen LogP contribution in [-0.4, -0.2) is 57.0 Å². The van der Waals surface area contributed by atoms with Gasteiger partial charge in [-0.1, -0.05) is 27.2 Å². The molecular weight excluding hydrogens is 242 g/mol. The molecule has 0 fully saturated rings. The lowest BCUT2D eigenvalue weighted by atomic mass is 10.3. The first-order chi connectivity index (χ1) is 7.99. The summed E-state index contributed by atoms with van der Waals surface area (Å²) in [6.45, 7) is 8.57. The maximum absolute atomic E-state index is 10.6. The molecule has 0 atom stereocenters. The first-order valence-electron chi connectivity index (χ1n) is 6.16. The van der Waals surface area contributed by atoms with Gasteiger partial charge in [0.2, 0.25) is 0 Å². The van der Waals surface area contributed by atoms with E-state index in [1.807, 2.05) is 18.7 Å². The summed E-state index contributed by atoms with van der Waals surface area (Å²) in [5, 5.41) is 0. The van der Waals surface area contributed by atoms with Crippen LogP contribution in [0.3, 0.4) is 0 Å². The van der Waals surface area contributed by atoms with Crippen molar-refractivity contribution < 1.29 is 17.7 Å². The monoisotopic (exact) mass is 269 g/mol. The molecule has 0 saturated heterocycles. The Labute approximate surface area is 106 Å². The van der Waals surface area contributed by atoms with Gasteiger partial charge in [0.05, 0.1) is 12.4 Å². The van der Waals surface area contributed by atoms with Crippen LogP contribution >= 0.6 is 0 Å². The molecule has 0 aromatic carbocycles. The molecule has 0 spiro atoms. The lowest BCUT2D eigenvalue weighted by Gasteiger charge is -2.20. The van der Waals surface area contributed by atoms with Crippen LogP contribution in [0.4, 0.5) is 0 Å². The van der Waals surface area contributed by atoms with Gasteiger partial charge in [0, 0.05) is 20.2 Å². The minimum absolute atomic E-state index is 0.208. The number of methoxy groups -OCH3 is 1. The van der Waals surface area contributed by atoms with E-state index < -0.39 is 10.1 Å². The van der Waals surface area contributed by atoms with E-state index in [1.54, 1.807) is 7.11 Å². The van der Waals surface area contributed by atoms with E-state index in [9.17, 15) is 8.42 Å². The molecular formula is C11H27NO4S. The molecule has 0 rings (SSSR count). The smallest absolute Gasteiger partial charge is 0.266 e. The first-order valence-corrected chi connectivity index (χ1v) is 7.77.